The maximum absolute atomic E-state index is 3.61. The molecule has 0 aromatic heterocycles. The molecule has 0 amide bonds. The lowest BCUT2D eigenvalue weighted by Crippen LogP contribution is -2.28. The van der Waals surface area contributed by atoms with Crippen molar-refractivity contribution in [2.45, 2.75) is 38.1 Å². The third kappa shape index (κ3) is 1.98. The minimum atomic E-state index is 0.707. The summed E-state index contributed by atoms with van der Waals surface area (Å²) in [4.78, 5) is 0. The Labute approximate surface area is 86.5 Å². The summed E-state index contributed by atoms with van der Waals surface area (Å²) in [6.45, 7) is 3.49. The minimum absolute atomic E-state index is 0.707. The molecule has 0 spiro atoms. The van der Waals surface area contributed by atoms with E-state index in [1.165, 1.54) is 31.4 Å². The van der Waals surface area contributed by atoms with Crippen LogP contribution >= 0.6 is 0 Å². The van der Waals surface area contributed by atoms with Crippen LogP contribution in [0.15, 0.2) is 30.3 Å². The van der Waals surface area contributed by atoms with Crippen LogP contribution in [-0.4, -0.2) is 12.6 Å². The number of hydrogen-bond acceptors (Lipinski definition) is 1. The number of rotatable bonds is 3. The fourth-order valence-electron chi connectivity index (χ4n) is 2.51. The van der Waals surface area contributed by atoms with Gasteiger partial charge in [0.25, 0.3) is 0 Å². The Morgan fingerprint density at radius 2 is 2.14 bits per heavy atom. The van der Waals surface area contributed by atoms with E-state index in [2.05, 4.69) is 42.6 Å². The zero-order valence-electron chi connectivity index (χ0n) is 8.87. The van der Waals surface area contributed by atoms with Crippen molar-refractivity contribution in [2.24, 2.45) is 0 Å². The van der Waals surface area contributed by atoms with Crippen LogP contribution in [0.25, 0.3) is 0 Å². The van der Waals surface area contributed by atoms with Crippen molar-refractivity contribution in [1.29, 1.82) is 0 Å². The molecule has 1 saturated heterocycles. The maximum atomic E-state index is 3.61. The minimum Gasteiger partial charge on any atom is -0.313 e. The first-order chi connectivity index (χ1) is 6.92. The first-order valence-corrected chi connectivity index (χ1v) is 5.70. The molecule has 0 saturated carbocycles. The third-order valence-corrected chi connectivity index (χ3v) is 3.25. The smallest absolute Gasteiger partial charge is 0.0136 e. The highest BCUT2D eigenvalue weighted by Gasteiger charge is 2.23. The molecular weight excluding hydrogens is 170 g/mol. The monoisotopic (exact) mass is 189 g/mol. The average molecular weight is 189 g/mol. The zero-order chi connectivity index (χ0) is 9.80. The second-order valence-electron chi connectivity index (χ2n) is 4.13. The largest absolute Gasteiger partial charge is 0.313 e. The van der Waals surface area contributed by atoms with Crippen LogP contribution in [0.2, 0.25) is 0 Å². The summed E-state index contributed by atoms with van der Waals surface area (Å²) in [6.07, 6.45) is 3.92. The van der Waals surface area contributed by atoms with Gasteiger partial charge in [0, 0.05) is 6.04 Å². The van der Waals surface area contributed by atoms with Gasteiger partial charge in [-0.1, -0.05) is 37.3 Å². The highest BCUT2D eigenvalue weighted by atomic mass is 14.9. The van der Waals surface area contributed by atoms with Crippen molar-refractivity contribution in [3.63, 3.8) is 0 Å². The Morgan fingerprint density at radius 1 is 1.36 bits per heavy atom. The molecule has 1 aromatic carbocycles. The van der Waals surface area contributed by atoms with E-state index in [9.17, 15) is 0 Å². The van der Waals surface area contributed by atoms with Gasteiger partial charge in [0.15, 0.2) is 0 Å². The molecule has 1 fully saturated rings. The van der Waals surface area contributed by atoms with Crippen LogP contribution in [0, 0.1) is 0 Å². The Hall–Kier alpha value is -0.820. The molecule has 1 aliphatic rings. The normalized spacial score (nSPS) is 23.6. The fourth-order valence-corrected chi connectivity index (χ4v) is 2.51. The summed E-state index contributed by atoms with van der Waals surface area (Å²) in [7, 11) is 0. The zero-order valence-corrected chi connectivity index (χ0v) is 8.87. The van der Waals surface area contributed by atoms with Crippen molar-refractivity contribution in [3.8, 4) is 0 Å². The van der Waals surface area contributed by atoms with E-state index in [0.717, 1.165) is 0 Å². The highest BCUT2D eigenvalue weighted by molar-refractivity contribution is 5.21. The summed E-state index contributed by atoms with van der Waals surface area (Å²) in [5, 5.41) is 3.61. The van der Waals surface area contributed by atoms with Gasteiger partial charge in [-0.3, -0.25) is 0 Å². The van der Waals surface area contributed by atoms with Gasteiger partial charge in [-0.2, -0.15) is 0 Å². The van der Waals surface area contributed by atoms with Gasteiger partial charge in [-0.25, -0.2) is 0 Å². The third-order valence-electron chi connectivity index (χ3n) is 3.25. The van der Waals surface area contributed by atoms with Crippen molar-refractivity contribution >= 4 is 0 Å². The summed E-state index contributed by atoms with van der Waals surface area (Å²) < 4.78 is 0. The van der Waals surface area contributed by atoms with E-state index in [-0.39, 0.29) is 0 Å². The van der Waals surface area contributed by atoms with E-state index in [4.69, 9.17) is 0 Å². The maximum Gasteiger partial charge on any atom is 0.0136 e. The van der Waals surface area contributed by atoms with Gasteiger partial charge in [-0.15, -0.1) is 0 Å². The molecule has 0 aliphatic carbocycles. The van der Waals surface area contributed by atoms with Gasteiger partial charge < -0.3 is 5.32 Å². The molecule has 1 aliphatic heterocycles. The van der Waals surface area contributed by atoms with Crippen LogP contribution in [0.1, 0.15) is 37.7 Å². The van der Waals surface area contributed by atoms with Crippen LogP contribution in [0.3, 0.4) is 0 Å². The van der Waals surface area contributed by atoms with E-state index in [0.29, 0.717) is 12.0 Å². The Kier molecular flexibility index (Phi) is 3.20. The van der Waals surface area contributed by atoms with Crippen molar-refractivity contribution in [1.82, 2.24) is 5.32 Å². The lowest BCUT2D eigenvalue weighted by Gasteiger charge is -2.22. The molecular formula is C13H19N. The number of nitrogens with one attached hydrogen (secondary N) is 1. The highest BCUT2D eigenvalue weighted by Crippen LogP contribution is 2.27. The lowest BCUT2D eigenvalue weighted by molar-refractivity contribution is 0.477. The summed E-state index contributed by atoms with van der Waals surface area (Å²) in [6, 6.07) is 11.6. The predicted molar refractivity (Wildman–Crippen MR) is 60.5 cm³/mol. The standard InChI is InChI=1S/C13H19N/c1-2-12(13-9-6-10-14-13)11-7-4-3-5-8-11/h3-5,7-8,12-14H,2,6,9-10H2,1H3/t12-,13+/m1/s1. The van der Waals surface area contributed by atoms with Crippen molar-refractivity contribution < 1.29 is 0 Å². The van der Waals surface area contributed by atoms with Gasteiger partial charge in [0.05, 0.1) is 0 Å². The summed E-state index contributed by atoms with van der Waals surface area (Å²) in [5.74, 6) is 0.707. The van der Waals surface area contributed by atoms with E-state index in [1.54, 1.807) is 0 Å². The van der Waals surface area contributed by atoms with Crippen LogP contribution in [0.5, 0.6) is 0 Å². The molecule has 2 atom stereocenters. The first-order valence-electron chi connectivity index (χ1n) is 5.70. The molecule has 76 valence electrons. The first kappa shape index (κ1) is 9.72. The summed E-state index contributed by atoms with van der Waals surface area (Å²) >= 11 is 0. The molecule has 0 radical (unpaired) electrons. The van der Waals surface area contributed by atoms with E-state index >= 15 is 0 Å². The van der Waals surface area contributed by atoms with Crippen molar-refractivity contribution in [2.75, 3.05) is 6.54 Å². The quantitative estimate of drug-likeness (QED) is 0.771. The Morgan fingerprint density at radius 3 is 2.71 bits per heavy atom. The van der Waals surface area contributed by atoms with Crippen LogP contribution in [-0.2, 0) is 0 Å². The molecule has 1 heteroatoms. The second-order valence-corrected chi connectivity index (χ2v) is 4.13. The SMILES string of the molecule is CC[C@H](c1ccccc1)[C@@H]1CCCN1. The summed E-state index contributed by atoms with van der Waals surface area (Å²) in [5.41, 5.74) is 1.49. The molecule has 0 unspecified atom stereocenters. The van der Waals surface area contributed by atoms with Gasteiger partial charge >= 0.3 is 0 Å². The van der Waals surface area contributed by atoms with Gasteiger partial charge in [0.2, 0.25) is 0 Å². The average Bonchev–Trinajstić information content (AvgIpc) is 2.74. The predicted octanol–water partition coefficient (Wildman–Crippen LogP) is 2.93. The van der Waals surface area contributed by atoms with Crippen molar-refractivity contribution in [3.05, 3.63) is 35.9 Å². The molecule has 1 nitrogen and oxygen atoms in total. The van der Waals surface area contributed by atoms with Gasteiger partial charge in [0.1, 0.15) is 0 Å². The number of benzene rings is 1. The van der Waals surface area contributed by atoms with E-state index < -0.39 is 0 Å². The molecule has 1 aromatic rings. The number of hydrogen-bond donors (Lipinski definition) is 1. The fraction of sp³-hybridized carbons (Fsp3) is 0.538. The Balaban J connectivity index is 2.12. The van der Waals surface area contributed by atoms with Crippen LogP contribution in [0.4, 0.5) is 0 Å². The van der Waals surface area contributed by atoms with E-state index in [1.807, 2.05) is 0 Å². The Bertz CT molecular complexity index is 262. The molecule has 2 rings (SSSR count). The molecule has 14 heavy (non-hydrogen) atoms. The van der Waals surface area contributed by atoms with Crippen LogP contribution < -0.4 is 5.32 Å². The molecule has 0 bridgehead atoms. The topological polar surface area (TPSA) is 12.0 Å². The lowest BCUT2D eigenvalue weighted by atomic mass is 9.88. The van der Waals surface area contributed by atoms with Gasteiger partial charge in [-0.05, 0) is 37.3 Å². The molecule has 1 N–H and O–H groups in total. The molecule has 1 heterocycles. The second kappa shape index (κ2) is 4.61.